The quantitative estimate of drug-likeness (QED) is 0.758. The molecule has 0 saturated carbocycles. The fourth-order valence-corrected chi connectivity index (χ4v) is 3.12. The first-order valence-corrected chi connectivity index (χ1v) is 7.87. The van der Waals surface area contributed by atoms with Crippen molar-refractivity contribution < 1.29 is 21.4 Å². The van der Waals surface area contributed by atoms with Gasteiger partial charge >= 0.3 is 0 Å². The summed E-state index contributed by atoms with van der Waals surface area (Å²) >= 11 is 0. The second kappa shape index (κ2) is 5.13. The highest BCUT2D eigenvalue weighted by Gasteiger charge is 2.17. The second-order valence-electron chi connectivity index (χ2n) is 3.37. The molecule has 1 aromatic carbocycles. The van der Waals surface area contributed by atoms with E-state index >= 15 is 0 Å². The Morgan fingerprint density at radius 1 is 1.24 bits per heavy atom. The van der Waals surface area contributed by atoms with Crippen LogP contribution in [0, 0.1) is 0 Å². The first kappa shape index (κ1) is 14.1. The van der Waals surface area contributed by atoms with Crippen molar-refractivity contribution >= 4 is 20.1 Å². The topological polar surface area (TPSA) is 101 Å². The van der Waals surface area contributed by atoms with Crippen molar-refractivity contribution in [2.75, 3.05) is 5.88 Å². The molecule has 2 N–H and O–H groups in total. The minimum Gasteiger partial charge on any atom is -0.285 e. The van der Waals surface area contributed by atoms with Gasteiger partial charge in [0.05, 0.1) is 4.90 Å². The zero-order chi connectivity index (χ0) is 13.1. The lowest BCUT2D eigenvalue weighted by molar-refractivity contribution is 0.480. The van der Waals surface area contributed by atoms with Crippen LogP contribution < -0.4 is 4.72 Å². The molecule has 0 unspecified atom stereocenters. The molecule has 0 saturated heterocycles. The molecule has 1 rings (SSSR count). The molecule has 0 spiro atoms. The van der Waals surface area contributed by atoms with Crippen molar-refractivity contribution in [2.45, 2.75) is 18.2 Å². The Morgan fingerprint density at radius 2 is 1.88 bits per heavy atom. The smallest absolute Gasteiger partial charge is 0.279 e. The van der Waals surface area contributed by atoms with Gasteiger partial charge in [-0.1, -0.05) is 19.1 Å². The molecule has 1 aromatic rings. The summed E-state index contributed by atoms with van der Waals surface area (Å²) < 4.78 is 54.5. The highest BCUT2D eigenvalue weighted by molar-refractivity contribution is 7.91. The molecule has 0 aromatic heterocycles. The average Bonchev–Trinajstić information content (AvgIpc) is 2.26. The number of hydrogen-bond donors (Lipinski definition) is 2. The summed E-state index contributed by atoms with van der Waals surface area (Å²) in [5.41, 5.74) is 0.819. The van der Waals surface area contributed by atoms with Crippen molar-refractivity contribution in [3.8, 4) is 0 Å². The van der Waals surface area contributed by atoms with Gasteiger partial charge in [-0.3, -0.25) is 4.55 Å². The molecule has 0 heterocycles. The molecule has 96 valence electrons. The third-order valence-corrected chi connectivity index (χ3v) is 4.14. The van der Waals surface area contributed by atoms with E-state index in [0.717, 1.165) is 5.56 Å². The van der Waals surface area contributed by atoms with Crippen molar-refractivity contribution in [1.82, 2.24) is 4.72 Å². The zero-order valence-electron chi connectivity index (χ0n) is 9.12. The number of sulfonamides is 1. The van der Waals surface area contributed by atoms with E-state index in [4.69, 9.17) is 4.55 Å². The molecule has 0 bridgehead atoms. The summed E-state index contributed by atoms with van der Waals surface area (Å²) in [6, 6.07) is 6.14. The van der Waals surface area contributed by atoms with Crippen LogP contribution >= 0.6 is 0 Å². The van der Waals surface area contributed by atoms with Crippen molar-refractivity contribution in [3.63, 3.8) is 0 Å². The summed E-state index contributed by atoms with van der Waals surface area (Å²) in [5.74, 6) is -1.04. The summed E-state index contributed by atoms with van der Waals surface area (Å²) in [4.78, 5) is -0.0273. The lowest BCUT2D eigenvalue weighted by Crippen LogP contribution is -2.29. The van der Waals surface area contributed by atoms with Crippen LogP contribution in [-0.2, 0) is 26.6 Å². The van der Waals surface area contributed by atoms with Crippen LogP contribution in [0.25, 0.3) is 0 Å². The lowest BCUT2D eigenvalue weighted by atomic mass is 10.2. The van der Waals surface area contributed by atoms with E-state index in [1.165, 1.54) is 12.1 Å². The number of benzene rings is 1. The third kappa shape index (κ3) is 4.43. The summed E-state index contributed by atoms with van der Waals surface area (Å²) in [7, 11) is -8.29. The minimum atomic E-state index is -4.37. The highest BCUT2D eigenvalue weighted by atomic mass is 32.2. The van der Waals surface area contributed by atoms with E-state index in [0.29, 0.717) is 6.42 Å². The molecule has 0 atom stereocenters. The molecule has 0 fully saturated rings. The van der Waals surface area contributed by atoms with Gasteiger partial charge in [-0.2, -0.15) is 13.1 Å². The van der Waals surface area contributed by atoms with Gasteiger partial charge < -0.3 is 0 Å². The van der Waals surface area contributed by atoms with Crippen LogP contribution in [0.4, 0.5) is 0 Å². The van der Waals surface area contributed by atoms with Crippen LogP contribution in [-0.4, -0.2) is 27.3 Å². The van der Waals surface area contributed by atoms with Gasteiger partial charge in [0, 0.05) is 0 Å². The van der Waals surface area contributed by atoms with Gasteiger partial charge in [0.25, 0.3) is 10.1 Å². The Hall–Kier alpha value is -0.960. The summed E-state index contributed by atoms with van der Waals surface area (Å²) in [6.45, 7) is 1.87. The molecule has 0 radical (unpaired) electrons. The molecule has 0 aliphatic carbocycles. The predicted molar refractivity (Wildman–Crippen MR) is 62.6 cm³/mol. The van der Waals surface area contributed by atoms with Gasteiger partial charge in [0.1, 0.15) is 5.88 Å². The molecule has 0 aliphatic heterocycles. The molecule has 17 heavy (non-hydrogen) atoms. The van der Waals surface area contributed by atoms with Crippen molar-refractivity contribution in [2.24, 2.45) is 0 Å². The van der Waals surface area contributed by atoms with Gasteiger partial charge in [-0.05, 0) is 24.1 Å². The largest absolute Gasteiger partial charge is 0.285 e. The number of aryl methyl sites for hydroxylation is 1. The minimum absolute atomic E-state index is 0.0273. The standard InChI is InChI=1S/C9H13NO5S2/c1-2-8-4-3-5-9(6-8)17(14,15)10-7-16(11,12)13/h3-6,10H,2,7H2,1H3,(H,11,12,13). The SMILES string of the molecule is CCc1cccc(S(=O)(=O)NCS(=O)(=O)O)c1. The maximum atomic E-state index is 11.7. The molecular weight excluding hydrogens is 266 g/mol. The first-order chi connectivity index (χ1) is 7.74. The first-order valence-electron chi connectivity index (χ1n) is 4.78. The maximum absolute atomic E-state index is 11.7. The van der Waals surface area contributed by atoms with Crippen LogP contribution in [0.5, 0.6) is 0 Å². The zero-order valence-corrected chi connectivity index (χ0v) is 10.8. The number of rotatable bonds is 5. The van der Waals surface area contributed by atoms with Crippen molar-refractivity contribution in [1.29, 1.82) is 0 Å². The monoisotopic (exact) mass is 279 g/mol. The predicted octanol–water partition coefficient (Wildman–Crippen LogP) is 0.373. The Labute approximate surface area is 100 Å². The fraction of sp³-hybridized carbons (Fsp3) is 0.333. The van der Waals surface area contributed by atoms with Crippen molar-refractivity contribution in [3.05, 3.63) is 29.8 Å². The van der Waals surface area contributed by atoms with E-state index in [1.807, 2.05) is 6.92 Å². The van der Waals surface area contributed by atoms with E-state index in [9.17, 15) is 16.8 Å². The fourth-order valence-electron chi connectivity index (χ4n) is 1.17. The average molecular weight is 279 g/mol. The van der Waals surface area contributed by atoms with Gasteiger partial charge in [0.15, 0.2) is 0 Å². The molecule has 6 nitrogen and oxygen atoms in total. The van der Waals surface area contributed by atoms with Gasteiger partial charge in [0.2, 0.25) is 10.0 Å². The van der Waals surface area contributed by atoms with E-state index in [-0.39, 0.29) is 4.90 Å². The number of hydrogen-bond acceptors (Lipinski definition) is 4. The Kier molecular flexibility index (Phi) is 4.26. The van der Waals surface area contributed by atoms with Crippen LogP contribution in [0.2, 0.25) is 0 Å². The Bertz CT molecular complexity index is 592. The molecule has 0 amide bonds. The van der Waals surface area contributed by atoms with E-state index in [1.54, 1.807) is 16.9 Å². The van der Waals surface area contributed by atoms with Gasteiger partial charge in [-0.15, -0.1) is 0 Å². The van der Waals surface area contributed by atoms with E-state index < -0.39 is 26.0 Å². The lowest BCUT2D eigenvalue weighted by Gasteiger charge is -2.06. The second-order valence-corrected chi connectivity index (χ2v) is 6.59. The van der Waals surface area contributed by atoms with E-state index in [2.05, 4.69) is 0 Å². The summed E-state index contributed by atoms with van der Waals surface area (Å²) in [5, 5.41) is 0. The maximum Gasteiger partial charge on any atom is 0.279 e. The van der Waals surface area contributed by atoms with Gasteiger partial charge in [-0.25, -0.2) is 8.42 Å². The number of nitrogens with one attached hydrogen (secondary N) is 1. The normalized spacial score (nSPS) is 12.6. The van der Waals surface area contributed by atoms with Crippen LogP contribution in [0.1, 0.15) is 12.5 Å². The molecule has 8 heteroatoms. The Morgan fingerprint density at radius 3 is 2.41 bits per heavy atom. The Balaban J connectivity index is 2.97. The molecule has 0 aliphatic rings. The third-order valence-electron chi connectivity index (χ3n) is 2.05. The molecular formula is C9H13NO5S2. The van der Waals surface area contributed by atoms with Crippen LogP contribution in [0.15, 0.2) is 29.2 Å². The highest BCUT2D eigenvalue weighted by Crippen LogP contribution is 2.11. The summed E-state index contributed by atoms with van der Waals surface area (Å²) in [6.07, 6.45) is 0.668. The van der Waals surface area contributed by atoms with Crippen LogP contribution in [0.3, 0.4) is 0 Å².